The van der Waals surface area contributed by atoms with Gasteiger partial charge in [0.1, 0.15) is 5.82 Å². The van der Waals surface area contributed by atoms with Gasteiger partial charge in [0.25, 0.3) is 5.91 Å². The molecule has 3 aliphatic rings. The average Bonchev–Trinajstić information content (AvgIpc) is 3.40. The predicted octanol–water partition coefficient (Wildman–Crippen LogP) is 3.39. The summed E-state index contributed by atoms with van der Waals surface area (Å²) in [5.74, 6) is 0.289. The molecule has 0 bridgehead atoms. The van der Waals surface area contributed by atoms with E-state index >= 15 is 0 Å². The maximum Gasteiger partial charge on any atom is 0.264 e. The Labute approximate surface area is 162 Å². The Morgan fingerprint density at radius 2 is 2.07 bits per heavy atom. The standard InChI is InChI=1S/C21H23FN2O2S/c22-15-3-1-2-14(10-15)18-4-5-19(27-18)20(25)24-13-21(6-8-23-9-7-21)16-11-26-12-17(16)24/h1-5,10,16-17,23H,6-9,11-13H2/t16-,17+/m0/s1. The molecule has 27 heavy (non-hydrogen) atoms. The normalized spacial score (nSPS) is 26.5. The van der Waals surface area contributed by atoms with Crippen LogP contribution in [0.3, 0.4) is 0 Å². The van der Waals surface area contributed by atoms with Gasteiger partial charge in [0.2, 0.25) is 0 Å². The number of nitrogens with zero attached hydrogens (tertiary/aromatic N) is 1. The number of carbonyl (C=O) groups excluding carboxylic acids is 1. The fraction of sp³-hybridized carbons (Fsp3) is 0.476. The summed E-state index contributed by atoms with van der Waals surface area (Å²) in [5, 5.41) is 3.44. The van der Waals surface area contributed by atoms with Crippen LogP contribution in [0, 0.1) is 17.2 Å². The third-order valence-corrected chi connectivity index (χ3v) is 7.63. The molecule has 0 aliphatic carbocycles. The molecule has 2 aromatic rings. The first kappa shape index (κ1) is 17.3. The lowest BCUT2D eigenvalue weighted by atomic mass is 9.70. The number of benzene rings is 1. The first-order valence-electron chi connectivity index (χ1n) is 9.62. The summed E-state index contributed by atoms with van der Waals surface area (Å²) in [4.78, 5) is 17.0. The van der Waals surface area contributed by atoms with Crippen LogP contribution in [0.5, 0.6) is 0 Å². The zero-order valence-electron chi connectivity index (χ0n) is 15.1. The number of carbonyl (C=O) groups is 1. The Bertz CT molecular complexity index is 861. The molecule has 1 aromatic heterocycles. The summed E-state index contributed by atoms with van der Waals surface area (Å²) in [6, 6.07) is 10.5. The number of hydrogen-bond acceptors (Lipinski definition) is 4. The molecule has 3 aliphatic heterocycles. The van der Waals surface area contributed by atoms with Gasteiger partial charge in [-0.15, -0.1) is 11.3 Å². The van der Waals surface area contributed by atoms with Crippen molar-refractivity contribution in [1.82, 2.24) is 10.2 Å². The topological polar surface area (TPSA) is 41.6 Å². The van der Waals surface area contributed by atoms with Crippen LogP contribution in [0.1, 0.15) is 22.5 Å². The summed E-state index contributed by atoms with van der Waals surface area (Å²) in [7, 11) is 0. The number of likely N-dealkylation sites (tertiary alicyclic amines) is 1. The molecule has 4 heterocycles. The maximum atomic E-state index is 13.5. The van der Waals surface area contributed by atoms with E-state index in [0.29, 0.717) is 12.5 Å². The summed E-state index contributed by atoms with van der Waals surface area (Å²) >= 11 is 1.45. The van der Waals surface area contributed by atoms with Crippen LogP contribution in [0.4, 0.5) is 4.39 Å². The van der Waals surface area contributed by atoms with Crippen LogP contribution in [0.2, 0.25) is 0 Å². The monoisotopic (exact) mass is 386 g/mol. The van der Waals surface area contributed by atoms with Gasteiger partial charge in [-0.1, -0.05) is 12.1 Å². The van der Waals surface area contributed by atoms with Crippen LogP contribution in [-0.2, 0) is 4.74 Å². The quantitative estimate of drug-likeness (QED) is 0.860. The highest BCUT2D eigenvalue weighted by Gasteiger charge is 2.56. The van der Waals surface area contributed by atoms with Crippen molar-refractivity contribution in [3.8, 4) is 10.4 Å². The number of nitrogens with one attached hydrogen (secondary N) is 1. The van der Waals surface area contributed by atoms with E-state index in [9.17, 15) is 9.18 Å². The van der Waals surface area contributed by atoms with Crippen molar-refractivity contribution < 1.29 is 13.9 Å². The Hall–Kier alpha value is -1.76. The minimum absolute atomic E-state index is 0.0959. The lowest BCUT2D eigenvalue weighted by Gasteiger charge is -2.37. The van der Waals surface area contributed by atoms with E-state index in [0.717, 1.165) is 54.4 Å². The third-order valence-electron chi connectivity index (χ3n) is 6.51. The van der Waals surface area contributed by atoms with Crippen LogP contribution >= 0.6 is 11.3 Å². The van der Waals surface area contributed by atoms with E-state index in [1.54, 1.807) is 6.07 Å². The molecule has 1 aromatic carbocycles. The van der Waals surface area contributed by atoms with E-state index in [4.69, 9.17) is 4.74 Å². The second kappa shape index (κ2) is 6.69. The molecule has 1 N–H and O–H groups in total. The molecule has 1 spiro atoms. The molecule has 1 amide bonds. The van der Waals surface area contributed by atoms with Crippen molar-refractivity contribution in [3.63, 3.8) is 0 Å². The molecule has 3 saturated heterocycles. The Balaban J connectivity index is 1.41. The van der Waals surface area contributed by atoms with Gasteiger partial charge in [0, 0.05) is 17.3 Å². The molecule has 142 valence electrons. The highest BCUT2D eigenvalue weighted by Crippen LogP contribution is 2.49. The van der Waals surface area contributed by atoms with Gasteiger partial charge in [-0.05, 0) is 61.2 Å². The van der Waals surface area contributed by atoms with Gasteiger partial charge in [-0.25, -0.2) is 4.39 Å². The molecule has 5 rings (SSSR count). The lowest BCUT2D eigenvalue weighted by Crippen LogP contribution is -2.43. The van der Waals surface area contributed by atoms with Gasteiger partial charge < -0.3 is 15.0 Å². The molecular formula is C21H23FN2O2S. The Morgan fingerprint density at radius 1 is 1.22 bits per heavy atom. The number of hydrogen-bond donors (Lipinski definition) is 1. The van der Waals surface area contributed by atoms with Crippen molar-refractivity contribution in [2.45, 2.75) is 18.9 Å². The first-order chi connectivity index (χ1) is 13.2. The average molecular weight is 386 g/mol. The Kier molecular flexibility index (Phi) is 4.30. The molecule has 6 heteroatoms. The summed E-state index contributed by atoms with van der Waals surface area (Å²) < 4.78 is 19.3. The highest BCUT2D eigenvalue weighted by molar-refractivity contribution is 7.17. The van der Waals surface area contributed by atoms with Gasteiger partial charge in [-0.2, -0.15) is 0 Å². The summed E-state index contributed by atoms with van der Waals surface area (Å²) in [6.45, 7) is 4.29. The zero-order chi connectivity index (χ0) is 18.4. The lowest BCUT2D eigenvalue weighted by molar-refractivity contribution is 0.0611. The maximum absolute atomic E-state index is 13.5. The van der Waals surface area contributed by atoms with E-state index in [1.165, 1.54) is 23.5 Å². The second-order valence-corrected chi connectivity index (χ2v) is 9.01. The van der Waals surface area contributed by atoms with E-state index in [2.05, 4.69) is 10.2 Å². The molecule has 0 unspecified atom stereocenters. The number of halogens is 1. The SMILES string of the molecule is O=C(c1ccc(-c2cccc(F)c2)s1)N1CC2(CCNCC2)[C@H]2COC[C@H]21. The van der Waals surface area contributed by atoms with Gasteiger partial charge in [-0.3, -0.25) is 4.79 Å². The van der Waals surface area contributed by atoms with Crippen LogP contribution in [-0.4, -0.2) is 49.7 Å². The number of ether oxygens (including phenoxy) is 1. The molecule has 3 fully saturated rings. The molecular weight excluding hydrogens is 363 g/mol. The van der Waals surface area contributed by atoms with Crippen LogP contribution in [0.25, 0.3) is 10.4 Å². The summed E-state index contributed by atoms with van der Waals surface area (Å²) in [6.07, 6.45) is 2.22. The van der Waals surface area contributed by atoms with Gasteiger partial charge >= 0.3 is 0 Å². The zero-order valence-corrected chi connectivity index (χ0v) is 15.9. The van der Waals surface area contributed by atoms with E-state index < -0.39 is 0 Å². The van der Waals surface area contributed by atoms with Crippen molar-refractivity contribution in [3.05, 3.63) is 47.1 Å². The Morgan fingerprint density at radius 3 is 2.89 bits per heavy atom. The number of fused-ring (bicyclic) bond motifs is 2. The predicted molar refractivity (Wildman–Crippen MR) is 103 cm³/mol. The second-order valence-electron chi connectivity index (χ2n) is 7.93. The number of thiophene rings is 1. The fourth-order valence-corrected chi connectivity index (χ4v) is 6.03. The summed E-state index contributed by atoms with van der Waals surface area (Å²) in [5.41, 5.74) is 1.02. The van der Waals surface area contributed by atoms with Crippen molar-refractivity contribution in [2.24, 2.45) is 11.3 Å². The van der Waals surface area contributed by atoms with Crippen molar-refractivity contribution in [2.75, 3.05) is 32.8 Å². The van der Waals surface area contributed by atoms with Crippen molar-refractivity contribution >= 4 is 17.2 Å². The smallest absolute Gasteiger partial charge is 0.264 e. The highest BCUT2D eigenvalue weighted by atomic mass is 32.1. The first-order valence-corrected chi connectivity index (χ1v) is 10.4. The van der Waals surface area contributed by atoms with E-state index in [1.807, 2.05) is 18.2 Å². The number of piperidine rings is 1. The fourth-order valence-electron chi connectivity index (χ4n) is 5.08. The molecule has 0 radical (unpaired) electrons. The van der Waals surface area contributed by atoms with E-state index in [-0.39, 0.29) is 23.2 Å². The molecule has 4 nitrogen and oxygen atoms in total. The minimum atomic E-state index is -0.257. The molecule has 2 atom stereocenters. The van der Waals surface area contributed by atoms with Crippen LogP contribution in [0.15, 0.2) is 36.4 Å². The molecule has 0 saturated carbocycles. The number of rotatable bonds is 2. The van der Waals surface area contributed by atoms with Crippen LogP contribution < -0.4 is 5.32 Å². The largest absolute Gasteiger partial charge is 0.379 e. The minimum Gasteiger partial charge on any atom is -0.379 e. The van der Waals surface area contributed by atoms with Gasteiger partial charge in [0.05, 0.1) is 24.1 Å². The van der Waals surface area contributed by atoms with Crippen molar-refractivity contribution in [1.29, 1.82) is 0 Å². The third kappa shape index (κ3) is 2.91. The van der Waals surface area contributed by atoms with Gasteiger partial charge in [0.15, 0.2) is 0 Å². The number of amides is 1.